The Morgan fingerprint density at radius 2 is 0.982 bits per heavy atom. The minimum absolute atomic E-state index is 0.0341. The number of carboxylic acids is 1. The van der Waals surface area contributed by atoms with Crippen LogP contribution in [0.2, 0.25) is 0 Å². The van der Waals surface area contributed by atoms with Crippen LogP contribution < -0.4 is 5.73 Å². The molecule has 0 amide bonds. The van der Waals surface area contributed by atoms with Crippen molar-refractivity contribution in [2.24, 2.45) is 5.73 Å². The Labute approximate surface area is 344 Å². The van der Waals surface area contributed by atoms with Gasteiger partial charge >= 0.3 is 25.7 Å². The summed E-state index contributed by atoms with van der Waals surface area (Å²) in [6.07, 6.45) is 47.0. The molecule has 3 atom stereocenters. The Hall–Kier alpha value is -3.08. The smallest absolute Gasteiger partial charge is 0.472 e. The number of hydrogen-bond donors (Lipinski definition) is 3. The van der Waals surface area contributed by atoms with Crippen molar-refractivity contribution in [3.63, 3.8) is 0 Å². The van der Waals surface area contributed by atoms with Gasteiger partial charge in [-0.2, -0.15) is 0 Å². The zero-order valence-electron chi connectivity index (χ0n) is 35.2. The molecule has 0 radical (unpaired) electrons. The van der Waals surface area contributed by atoms with Crippen LogP contribution in [-0.4, -0.2) is 59.9 Å². The number of carbonyl (C=O) groups is 3. The van der Waals surface area contributed by atoms with Crippen LogP contribution in [0.5, 0.6) is 0 Å². The molecule has 0 heterocycles. The molecule has 0 aliphatic carbocycles. The fraction of sp³-hybridized carbons (Fsp3) is 0.667. The average molecular weight is 822 g/mol. The predicted octanol–water partition coefficient (Wildman–Crippen LogP) is 11.3. The van der Waals surface area contributed by atoms with Gasteiger partial charge in [0.25, 0.3) is 0 Å². The Morgan fingerprint density at radius 3 is 1.44 bits per heavy atom. The van der Waals surface area contributed by atoms with Gasteiger partial charge in [0.15, 0.2) is 6.10 Å². The molecule has 0 aromatic rings. The van der Waals surface area contributed by atoms with Crippen LogP contribution in [-0.2, 0) is 37.5 Å². The summed E-state index contributed by atoms with van der Waals surface area (Å²) in [6.45, 7) is 2.60. The first-order valence-corrected chi connectivity index (χ1v) is 23.0. The molecular weight excluding hydrogens is 745 g/mol. The Balaban J connectivity index is 4.51. The summed E-state index contributed by atoms with van der Waals surface area (Å²) < 4.78 is 32.6. The van der Waals surface area contributed by atoms with Gasteiger partial charge in [-0.3, -0.25) is 23.4 Å². The van der Waals surface area contributed by atoms with Crippen molar-refractivity contribution in [1.29, 1.82) is 0 Å². The average Bonchev–Trinajstić information content (AvgIpc) is 3.19. The van der Waals surface area contributed by atoms with Crippen molar-refractivity contribution in [2.75, 3.05) is 19.8 Å². The van der Waals surface area contributed by atoms with Crippen LogP contribution in [0.25, 0.3) is 0 Å². The zero-order valence-corrected chi connectivity index (χ0v) is 36.0. The van der Waals surface area contributed by atoms with Gasteiger partial charge in [0.05, 0.1) is 13.2 Å². The van der Waals surface area contributed by atoms with E-state index in [9.17, 15) is 23.8 Å². The summed E-state index contributed by atoms with van der Waals surface area (Å²) in [5.41, 5.74) is 5.32. The van der Waals surface area contributed by atoms with Gasteiger partial charge in [-0.1, -0.05) is 170 Å². The maximum atomic E-state index is 12.6. The molecule has 0 aromatic heterocycles. The van der Waals surface area contributed by atoms with Gasteiger partial charge in [0.2, 0.25) is 0 Å². The summed E-state index contributed by atoms with van der Waals surface area (Å²) in [5.74, 6) is -2.49. The molecule has 57 heavy (non-hydrogen) atoms. The maximum Gasteiger partial charge on any atom is 0.472 e. The molecule has 4 N–H and O–H groups in total. The Morgan fingerprint density at radius 1 is 0.561 bits per heavy atom. The van der Waals surface area contributed by atoms with Crippen LogP contribution in [0.3, 0.4) is 0 Å². The third-order valence-electron chi connectivity index (χ3n) is 8.73. The lowest BCUT2D eigenvalue weighted by atomic mass is 10.0. The number of phosphoric acid groups is 1. The van der Waals surface area contributed by atoms with Crippen LogP contribution in [0.1, 0.15) is 162 Å². The van der Waals surface area contributed by atoms with Crippen LogP contribution in [0, 0.1) is 0 Å². The zero-order chi connectivity index (χ0) is 42.1. The third-order valence-corrected chi connectivity index (χ3v) is 9.68. The van der Waals surface area contributed by atoms with Gasteiger partial charge in [-0.05, 0) is 51.4 Å². The molecule has 11 nitrogen and oxygen atoms in total. The van der Waals surface area contributed by atoms with Gasteiger partial charge in [0, 0.05) is 12.8 Å². The number of carboxylic acid groups (broad SMARTS) is 1. The van der Waals surface area contributed by atoms with E-state index < -0.39 is 51.1 Å². The largest absolute Gasteiger partial charge is 0.480 e. The number of phosphoric ester groups is 1. The van der Waals surface area contributed by atoms with Gasteiger partial charge in [-0.25, -0.2) is 4.57 Å². The molecular formula is C45H76NO10P. The van der Waals surface area contributed by atoms with E-state index in [0.717, 1.165) is 51.4 Å². The summed E-state index contributed by atoms with van der Waals surface area (Å²) >= 11 is 0. The summed E-state index contributed by atoms with van der Waals surface area (Å²) in [6, 6.07) is -1.53. The first-order valence-electron chi connectivity index (χ1n) is 21.5. The lowest BCUT2D eigenvalue weighted by Gasteiger charge is -2.20. The highest BCUT2D eigenvalue weighted by Gasteiger charge is 2.28. The Bertz CT molecular complexity index is 1240. The second-order valence-electron chi connectivity index (χ2n) is 14.1. The molecule has 1 unspecified atom stereocenters. The first-order chi connectivity index (χ1) is 27.6. The monoisotopic (exact) mass is 822 g/mol. The van der Waals surface area contributed by atoms with Crippen molar-refractivity contribution >= 4 is 25.7 Å². The van der Waals surface area contributed by atoms with E-state index in [1.165, 1.54) is 64.2 Å². The lowest BCUT2D eigenvalue weighted by molar-refractivity contribution is -0.161. The highest BCUT2D eigenvalue weighted by Crippen LogP contribution is 2.43. The van der Waals surface area contributed by atoms with Gasteiger partial charge in [-0.15, -0.1) is 0 Å². The minimum atomic E-state index is -4.74. The molecule has 0 aliphatic rings. The fourth-order valence-corrected chi connectivity index (χ4v) is 6.16. The topological polar surface area (TPSA) is 172 Å². The molecule has 12 heteroatoms. The fourth-order valence-electron chi connectivity index (χ4n) is 5.38. The van der Waals surface area contributed by atoms with Gasteiger partial charge < -0.3 is 25.2 Å². The number of aliphatic carboxylic acids is 1. The predicted molar refractivity (Wildman–Crippen MR) is 231 cm³/mol. The lowest BCUT2D eigenvalue weighted by Crippen LogP contribution is -2.34. The van der Waals surface area contributed by atoms with E-state index in [4.69, 9.17) is 24.8 Å². The van der Waals surface area contributed by atoms with Crippen molar-refractivity contribution in [3.8, 4) is 0 Å². The van der Waals surface area contributed by atoms with E-state index in [-0.39, 0.29) is 19.4 Å². The van der Waals surface area contributed by atoms with Crippen molar-refractivity contribution < 1.29 is 47.5 Å². The molecule has 0 spiro atoms. The first kappa shape index (κ1) is 53.9. The molecule has 0 rings (SSSR count). The summed E-state index contributed by atoms with van der Waals surface area (Å²) in [7, 11) is -4.74. The van der Waals surface area contributed by atoms with E-state index in [0.29, 0.717) is 19.3 Å². The number of esters is 2. The maximum absolute atomic E-state index is 12.6. The number of rotatable bonds is 39. The highest BCUT2D eigenvalue weighted by molar-refractivity contribution is 7.47. The number of unbranched alkanes of at least 4 members (excludes halogenated alkanes) is 13. The second kappa shape index (κ2) is 39.7. The molecule has 0 bridgehead atoms. The number of hydrogen-bond acceptors (Lipinski definition) is 9. The normalized spacial score (nSPS) is 14.5. The number of nitrogens with two attached hydrogens (primary N) is 1. The van der Waals surface area contributed by atoms with E-state index in [1.54, 1.807) is 0 Å². The van der Waals surface area contributed by atoms with Crippen molar-refractivity contribution in [3.05, 3.63) is 72.9 Å². The molecule has 0 fully saturated rings. The molecule has 0 aromatic carbocycles. The molecule has 0 aliphatic heterocycles. The molecule has 0 saturated carbocycles. The van der Waals surface area contributed by atoms with Crippen molar-refractivity contribution in [2.45, 2.75) is 174 Å². The van der Waals surface area contributed by atoms with E-state index in [1.807, 2.05) is 18.2 Å². The standard InChI is InChI=1S/C45H76NO10P/c1-3-5-7-9-11-13-15-17-19-20-21-22-23-25-27-29-31-33-35-37-44(48)56-41(39-54-57(51,52)55-40-42(46)45(49)50)38-53-43(47)36-34-32-30-28-26-24-18-16-14-12-10-8-6-4-2/h5,7,11,13,17,19,21-22,25,27,31,33,41-42H,3-4,6,8-10,12,14-16,18,20,23-24,26,28-30,32,34-40,46H2,1-2H3,(H,49,50)(H,51,52)/b7-5-,13-11-,19-17-,22-21-,27-25-,33-31-/t41-,42+/m1/s1. The van der Waals surface area contributed by atoms with Crippen molar-refractivity contribution in [1.82, 2.24) is 0 Å². The quantitative estimate of drug-likeness (QED) is 0.0233. The number of allylic oxidation sites excluding steroid dienone is 12. The molecule has 0 saturated heterocycles. The highest BCUT2D eigenvalue weighted by atomic mass is 31.2. The molecule has 326 valence electrons. The van der Waals surface area contributed by atoms with E-state index in [2.05, 4.69) is 73.1 Å². The summed E-state index contributed by atoms with van der Waals surface area (Å²) in [4.78, 5) is 45.9. The summed E-state index contributed by atoms with van der Waals surface area (Å²) in [5, 5.41) is 8.88. The third kappa shape index (κ3) is 39.5. The van der Waals surface area contributed by atoms with Crippen LogP contribution in [0.15, 0.2) is 72.9 Å². The minimum Gasteiger partial charge on any atom is -0.480 e. The second-order valence-corrected chi connectivity index (χ2v) is 15.6. The number of carbonyl (C=O) groups excluding carboxylic acids is 2. The van der Waals surface area contributed by atoms with Crippen LogP contribution >= 0.6 is 7.82 Å². The van der Waals surface area contributed by atoms with Crippen LogP contribution in [0.4, 0.5) is 0 Å². The Kier molecular flexibility index (Phi) is 37.6. The SMILES string of the molecule is CC/C=C\C/C=C\C/C=C\C/C=C\C/C=C\C/C=C\CCC(=O)O[C@H](COC(=O)CCCCCCCCCCCCCCCC)COP(=O)(O)OC[C@H](N)C(=O)O. The van der Waals surface area contributed by atoms with Gasteiger partial charge in [0.1, 0.15) is 12.6 Å². The van der Waals surface area contributed by atoms with E-state index >= 15 is 0 Å². The number of ether oxygens (including phenoxy) is 2.